The third kappa shape index (κ3) is 5.13. The Labute approximate surface area is 138 Å². The van der Waals surface area contributed by atoms with Crippen LogP contribution in [0.25, 0.3) is 11.0 Å². The SMILES string of the molecule is CCCC[NH+](CCCC)CCCn1cnc2ncccc2c1=O. The largest absolute Gasteiger partial charge is 0.335 e. The number of rotatable bonds is 10. The first-order chi connectivity index (χ1) is 11.3. The minimum absolute atomic E-state index is 0.0202. The van der Waals surface area contributed by atoms with Crippen molar-refractivity contribution in [2.75, 3.05) is 19.6 Å². The highest BCUT2D eigenvalue weighted by atomic mass is 16.1. The fourth-order valence-electron chi connectivity index (χ4n) is 2.89. The molecule has 2 heterocycles. The number of nitrogens with zero attached hydrogens (tertiary/aromatic N) is 3. The minimum Gasteiger partial charge on any atom is -0.335 e. The highest BCUT2D eigenvalue weighted by Gasteiger charge is 2.09. The predicted molar refractivity (Wildman–Crippen MR) is 93.8 cm³/mol. The van der Waals surface area contributed by atoms with Crippen LogP contribution in [0.3, 0.4) is 0 Å². The third-order valence-corrected chi connectivity index (χ3v) is 4.29. The average molecular weight is 317 g/mol. The van der Waals surface area contributed by atoms with Gasteiger partial charge < -0.3 is 4.90 Å². The molecule has 0 aliphatic carbocycles. The lowest BCUT2D eigenvalue weighted by atomic mass is 10.2. The molecule has 0 aliphatic rings. The Morgan fingerprint density at radius 3 is 2.43 bits per heavy atom. The second-order valence-corrected chi connectivity index (χ2v) is 6.18. The maximum absolute atomic E-state index is 12.4. The maximum Gasteiger partial charge on any atom is 0.262 e. The van der Waals surface area contributed by atoms with E-state index in [1.54, 1.807) is 34.1 Å². The molecule has 0 unspecified atom stereocenters. The van der Waals surface area contributed by atoms with Gasteiger partial charge in [0, 0.05) is 19.2 Å². The molecule has 0 spiro atoms. The summed E-state index contributed by atoms with van der Waals surface area (Å²) in [6, 6.07) is 3.59. The van der Waals surface area contributed by atoms with Gasteiger partial charge in [0.1, 0.15) is 0 Å². The summed E-state index contributed by atoms with van der Waals surface area (Å²) in [6.45, 7) is 8.82. The molecular weight excluding hydrogens is 288 g/mol. The molecule has 0 radical (unpaired) electrons. The van der Waals surface area contributed by atoms with E-state index in [0.717, 1.165) is 19.5 Å². The lowest BCUT2D eigenvalue weighted by molar-refractivity contribution is -0.900. The smallest absolute Gasteiger partial charge is 0.262 e. The zero-order chi connectivity index (χ0) is 16.5. The summed E-state index contributed by atoms with van der Waals surface area (Å²) in [5, 5.41) is 0.608. The van der Waals surface area contributed by atoms with Crippen LogP contribution in [-0.4, -0.2) is 34.2 Å². The average Bonchev–Trinajstić information content (AvgIpc) is 2.59. The van der Waals surface area contributed by atoms with Crippen molar-refractivity contribution in [1.82, 2.24) is 14.5 Å². The van der Waals surface area contributed by atoms with E-state index in [9.17, 15) is 4.79 Å². The molecular formula is C18H29N4O+. The van der Waals surface area contributed by atoms with Gasteiger partial charge in [-0.05, 0) is 25.0 Å². The topological polar surface area (TPSA) is 52.2 Å². The van der Waals surface area contributed by atoms with Gasteiger partial charge in [0.05, 0.1) is 31.3 Å². The third-order valence-electron chi connectivity index (χ3n) is 4.29. The van der Waals surface area contributed by atoms with Crippen LogP contribution in [0.15, 0.2) is 29.5 Å². The highest BCUT2D eigenvalue weighted by molar-refractivity contribution is 5.72. The number of nitrogens with one attached hydrogen (secondary N) is 1. The van der Waals surface area contributed by atoms with Crippen molar-refractivity contribution >= 4 is 11.0 Å². The summed E-state index contributed by atoms with van der Waals surface area (Å²) < 4.78 is 1.72. The molecule has 2 aromatic heterocycles. The van der Waals surface area contributed by atoms with E-state index in [2.05, 4.69) is 23.8 Å². The number of unbranched alkanes of at least 4 members (excludes halogenated alkanes) is 2. The van der Waals surface area contributed by atoms with Gasteiger partial charge in [0.2, 0.25) is 0 Å². The van der Waals surface area contributed by atoms with Gasteiger partial charge >= 0.3 is 0 Å². The van der Waals surface area contributed by atoms with E-state index in [0.29, 0.717) is 11.0 Å². The molecule has 5 nitrogen and oxygen atoms in total. The summed E-state index contributed by atoms with van der Waals surface area (Å²) >= 11 is 0. The first-order valence-corrected chi connectivity index (χ1v) is 8.90. The fourth-order valence-corrected chi connectivity index (χ4v) is 2.89. The number of quaternary nitrogens is 1. The molecule has 0 atom stereocenters. The molecule has 2 aromatic rings. The number of hydrogen-bond acceptors (Lipinski definition) is 3. The second kappa shape index (κ2) is 9.40. The van der Waals surface area contributed by atoms with Crippen LogP contribution in [0, 0.1) is 0 Å². The van der Waals surface area contributed by atoms with Crippen LogP contribution in [0.4, 0.5) is 0 Å². The van der Waals surface area contributed by atoms with Crippen molar-refractivity contribution in [3.05, 3.63) is 35.0 Å². The van der Waals surface area contributed by atoms with E-state index in [1.807, 2.05) is 0 Å². The summed E-state index contributed by atoms with van der Waals surface area (Å²) in [5.74, 6) is 0. The van der Waals surface area contributed by atoms with E-state index >= 15 is 0 Å². The summed E-state index contributed by atoms with van der Waals surface area (Å²) in [4.78, 5) is 22.5. The van der Waals surface area contributed by atoms with E-state index in [1.165, 1.54) is 38.8 Å². The molecule has 23 heavy (non-hydrogen) atoms. The molecule has 2 rings (SSSR count). The molecule has 0 aliphatic heterocycles. The molecule has 0 saturated heterocycles. The maximum atomic E-state index is 12.4. The number of fused-ring (bicyclic) bond motifs is 1. The van der Waals surface area contributed by atoms with Crippen LogP contribution in [0.2, 0.25) is 0 Å². The van der Waals surface area contributed by atoms with Gasteiger partial charge in [-0.1, -0.05) is 26.7 Å². The van der Waals surface area contributed by atoms with Crippen molar-refractivity contribution in [1.29, 1.82) is 0 Å². The Hall–Kier alpha value is -1.75. The summed E-state index contributed by atoms with van der Waals surface area (Å²) in [5.41, 5.74) is 0.554. The van der Waals surface area contributed by atoms with Gasteiger partial charge in [-0.25, -0.2) is 9.97 Å². The molecule has 0 amide bonds. The molecule has 1 N–H and O–H groups in total. The molecule has 0 saturated carbocycles. The van der Waals surface area contributed by atoms with E-state index in [-0.39, 0.29) is 5.56 Å². The van der Waals surface area contributed by atoms with Crippen LogP contribution < -0.4 is 10.5 Å². The molecule has 0 fully saturated rings. The first-order valence-electron chi connectivity index (χ1n) is 8.90. The Bertz CT molecular complexity index is 645. The van der Waals surface area contributed by atoms with Gasteiger partial charge in [0.15, 0.2) is 5.65 Å². The highest BCUT2D eigenvalue weighted by Crippen LogP contribution is 2.01. The standard InChI is InChI=1S/C18H28N4O/c1-3-5-11-21(12-6-4-2)13-8-14-22-15-20-17-16(18(22)23)9-7-10-19-17/h7,9-10,15H,3-6,8,11-14H2,1-2H3/p+1. The predicted octanol–water partition coefficient (Wildman–Crippen LogP) is 1.67. The van der Waals surface area contributed by atoms with Crippen molar-refractivity contribution in [3.63, 3.8) is 0 Å². The Kier molecular flexibility index (Phi) is 7.20. The zero-order valence-corrected chi connectivity index (χ0v) is 14.4. The van der Waals surface area contributed by atoms with Gasteiger partial charge in [-0.15, -0.1) is 0 Å². The van der Waals surface area contributed by atoms with Crippen molar-refractivity contribution in [2.24, 2.45) is 0 Å². The van der Waals surface area contributed by atoms with Gasteiger partial charge in [-0.3, -0.25) is 9.36 Å². The summed E-state index contributed by atoms with van der Waals surface area (Å²) in [7, 11) is 0. The van der Waals surface area contributed by atoms with Crippen LogP contribution >= 0.6 is 0 Å². The van der Waals surface area contributed by atoms with Gasteiger partial charge in [-0.2, -0.15) is 0 Å². The lowest BCUT2D eigenvalue weighted by Gasteiger charge is -2.19. The monoisotopic (exact) mass is 317 g/mol. The number of aryl methyl sites for hydroxylation is 1. The van der Waals surface area contributed by atoms with Crippen LogP contribution in [-0.2, 0) is 6.54 Å². The fraction of sp³-hybridized carbons (Fsp3) is 0.611. The molecule has 0 aromatic carbocycles. The van der Waals surface area contributed by atoms with Crippen LogP contribution in [0.5, 0.6) is 0 Å². The lowest BCUT2D eigenvalue weighted by Crippen LogP contribution is -3.12. The first kappa shape index (κ1) is 17.6. The zero-order valence-electron chi connectivity index (χ0n) is 14.4. The number of pyridine rings is 1. The number of hydrogen-bond donors (Lipinski definition) is 1. The van der Waals surface area contributed by atoms with Crippen molar-refractivity contribution in [3.8, 4) is 0 Å². The minimum atomic E-state index is 0.0202. The van der Waals surface area contributed by atoms with Crippen molar-refractivity contribution < 1.29 is 4.90 Å². The molecule has 5 heteroatoms. The second-order valence-electron chi connectivity index (χ2n) is 6.18. The summed E-state index contributed by atoms with van der Waals surface area (Å²) in [6.07, 6.45) is 9.37. The van der Waals surface area contributed by atoms with Gasteiger partial charge in [0.25, 0.3) is 5.56 Å². The Morgan fingerprint density at radius 1 is 1.04 bits per heavy atom. The number of aromatic nitrogens is 3. The Balaban J connectivity index is 1.94. The van der Waals surface area contributed by atoms with E-state index in [4.69, 9.17) is 0 Å². The Morgan fingerprint density at radius 2 is 1.74 bits per heavy atom. The normalized spacial score (nSPS) is 11.4. The quantitative estimate of drug-likeness (QED) is 0.725. The molecule has 0 bridgehead atoms. The molecule has 126 valence electrons. The van der Waals surface area contributed by atoms with E-state index < -0.39 is 0 Å². The van der Waals surface area contributed by atoms with Crippen LogP contribution in [0.1, 0.15) is 46.0 Å². The van der Waals surface area contributed by atoms with Crippen molar-refractivity contribution in [2.45, 2.75) is 52.5 Å².